The molecule has 1 amide bonds. The fourth-order valence-corrected chi connectivity index (χ4v) is 2.53. The summed E-state index contributed by atoms with van der Waals surface area (Å²) in [7, 11) is 0. The van der Waals surface area contributed by atoms with Crippen molar-refractivity contribution >= 4 is 17.2 Å². The topological polar surface area (TPSA) is 64.3 Å². The standard InChI is InChI=1S/C15H18N2O2S/c1-11(14-3-2-8-20-14)17-9-12-4-6-13(7-5-12)19-10-15(16)18/h2-8,11,17H,9-10H2,1H3,(H2,16,18)/t11-/m1/s1. The predicted octanol–water partition coefficient (Wildman–Crippen LogP) is 2.46. The van der Waals surface area contributed by atoms with Crippen LogP contribution in [-0.2, 0) is 11.3 Å². The maximum atomic E-state index is 10.6. The van der Waals surface area contributed by atoms with Gasteiger partial charge < -0.3 is 15.8 Å². The smallest absolute Gasteiger partial charge is 0.255 e. The van der Waals surface area contributed by atoms with Gasteiger partial charge >= 0.3 is 0 Å². The Morgan fingerprint density at radius 3 is 2.70 bits per heavy atom. The average molecular weight is 290 g/mol. The third kappa shape index (κ3) is 4.36. The highest BCUT2D eigenvalue weighted by Gasteiger charge is 2.05. The van der Waals surface area contributed by atoms with Crippen molar-refractivity contribution < 1.29 is 9.53 Å². The van der Waals surface area contributed by atoms with E-state index < -0.39 is 5.91 Å². The second-order valence-electron chi connectivity index (χ2n) is 4.52. The summed E-state index contributed by atoms with van der Waals surface area (Å²) in [5.74, 6) is 0.180. The molecular weight excluding hydrogens is 272 g/mol. The lowest BCUT2D eigenvalue weighted by atomic mass is 10.2. The third-order valence-electron chi connectivity index (χ3n) is 2.89. The van der Waals surface area contributed by atoms with E-state index in [1.54, 1.807) is 11.3 Å². The Hall–Kier alpha value is -1.85. The number of nitrogens with two attached hydrogens (primary N) is 1. The molecule has 4 nitrogen and oxygen atoms in total. The number of hydrogen-bond donors (Lipinski definition) is 2. The molecule has 0 aliphatic heterocycles. The number of thiophene rings is 1. The van der Waals surface area contributed by atoms with Gasteiger partial charge in [0.05, 0.1) is 0 Å². The predicted molar refractivity (Wildman–Crippen MR) is 80.7 cm³/mol. The lowest BCUT2D eigenvalue weighted by Gasteiger charge is -2.12. The van der Waals surface area contributed by atoms with E-state index in [2.05, 4.69) is 29.8 Å². The van der Waals surface area contributed by atoms with Crippen molar-refractivity contribution in [1.82, 2.24) is 5.32 Å². The molecule has 1 aromatic heterocycles. The summed E-state index contributed by atoms with van der Waals surface area (Å²) >= 11 is 1.75. The summed E-state index contributed by atoms with van der Waals surface area (Å²) < 4.78 is 5.21. The van der Waals surface area contributed by atoms with Crippen LogP contribution in [0, 0.1) is 0 Å². The van der Waals surface area contributed by atoms with E-state index in [4.69, 9.17) is 10.5 Å². The van der Waals surface area contributed by atoms with Crippen molar-refractivity contribution in [3.63, 3.8) is 0 Å². The van der Waals surface area contributed by atoms with Gasteiger partial charge in [0.1, 0.15) is 5.75 Å². The van der Waals surface area contributed by atoms with Gasteiger partial charge in [-0.1, -0.05) is 18.2 Å². The van der Waals surface area contributed by atoms with Crippen molar-refractivity contribution in [2.45, 2.75) is 19.5 Å². The number of primary amides is 1. The largest absolute Gasteiger partial charge is 0.484 e. The molecule has 0 bridgehead atoms. The minimum atomic E-state index is -0.472. The van der Waals surface area contributed by atoms with Gasteiger partial charge in [-0.25, -0.2) is 0 Å². The maximum Gasteiger partial charge on any atom is 0.255 e. The zero-order valence-corrected chi connectivity index (χ0v) is 12.2. The molecule has 2 rings (SSSR count). The summed E-state index contributed by atoms with van der Waals surface area (Å²) in [6.45, 7) is 2.85. The Morgan fingerprint density at radius 2 is 2.10 bits per heavy atom. The molecule has 20 heavy (non-hydrogen) atoms. The van der Waals surface area contributed by atoms with Crippen LogP contribution < -0.4 is 15.8 Å². The molecule has 0 saturated carbocycles. The molecule has 0 spiro atoms. The normalized spacial score (nSPS) is 12.1. The lowest BCUT2D eigenvalue weighted by Crippen LogP contribution is -2.20. The third-order valence-corrected chi connectivity index (χ3v) is 3.94. The van der Waals surface area contributed by atoms with Gasteiger partial charge in [0.15, 0.2) is 6.61 Å². The van der Waals surface area contributed by atoms with Crippen LogP contribution in [0.3, 0.4) is 0 Å². The highest BCUT2D eigenvalue weighted by atomic mass is 32.1. The molecule has 3 N–H and O–H groups in total. The summed E-state index contributed by atoms with van der Waals surface area (Å²) in [6, 6.07) is 12.2. The lowest BCUT2D eigenvalue weighted by molar-refractivity contribution is -0.119. The van der Waals surface area contributed by atoms with Crippen LogP contribution in [0.15, 0.2) is 41.8 Å². The zero-order valence-electron chi connectivity index (χ0n) is 11.3. The maximum absolute atomic E-state index is 10.6. The molecule has 0 aliphatic rings. The second-order valence-corrected chi connectivity index (χ2v) is 5.50. The van der Waals surface area contributed by atoms with Gasteiger partial charge in [-0.05, 0) is 36.1 Å². The summed E-state index contributed by atoms with van der Waals surface area (Å²) in [5.41, 5.74) is 6.19. The Morgan fingerprint density at radius 1 is 1.35 bits per heavy atom. The number of hydrogen-bond acceptors (Lipinski definition) is 4. The second kappa shape index (κ2) is 7.07. The molecule has 0 fully saturated rings. The van der Waals surface area contributed by atoms with Crippen molar-refractivity contribution in [3.8, 4) is 5.75 Å². The van der Waals surface area contributed by atoms with Crippen LogP contribution in [0.25, 0.3) is 0 Å². The Bertz CT molecular complexity index is 538. The van der Waals surface area contributed by atoms with E-state index in [0.29, 0.717) is 11.8 Å². The van der Waals surface area contributed by atoms with E-state index >= 15 is 0 Å². The highest BCUT2D eigenvalue weighted by Crippen LogP contribution is 2.19. The first-order valence-electron chi connectivity index (χ1n) is 6.42. The fourth-order valence-electron chi connectivity index (χ4n) is 1.77. The molecule has 1 heterocycles. The first kappa shape index (κ1) is 14.6. The Balaban J connectivity index is 1.83. The monoisotopic (exact) mass is 290 g/mol. The summed E-state index contributed by atoms with van der Waals surface area (Å²) in [6.07, 6.45) is 0. The van der Waals surface area contributed by atoms with E-state index in [0.717, 1.165) is 6.54 Å². The van der Waals surface area contributed by atoms with Crippen molar-refractivity contribution in [2.24, 2.45) is 5.73 Å². The fraction of sp³-hybridized carbons (Fsp3) is 0.267. The van der Waals surface area contributed by atoms with Gasteiger partial charge in [-0.15, -0.1) is 11.3 Å². The van der Waals surface area contributed by atoms with Crippen molar-refractivity contribution in [1.29, 1.82) is 0 Å². The number of rotatable bonds is 7. The van der Waals surface area contributed by atoms with E-state index in [1.165, 1.54) is 10.4 Å². The number of benzene rings is 1. The summed E-state index contributed by atoms with van der Waals surface area (Å²) in [5, 5.41) is 5.55. The minimum Gasteiger partial charge on any atom is -0.484 e. The molecule has 5 heteroatoms. The number of carbonyl (C=O) groups excluding carboxylic acids is 1. The van der Waals surface area contributed by atoms with Crippen molar-refractivity contribution in [3.05, 3.63) is 52.2 Å². The molecule has 0 saturated heterocycles. The van der Waals surface area contributed by atoms with Gasteiger partial charge in [0.25, 0.3) is 5.91 Å². The molecule has 1 aromatic carbocycles. The highest BCUT2D eigenvalue weighted by molar-refractivity contribution is 7.10. The number of ether oxygens (including phenoxy) is 1. The van der Waals surface area contributed by atoms with Crippen LogP contribution in [-0.4, -0.2) is 12.5 Å². The van der Waals surface area contributed by atoms with Crippen LogP contribution in [0.1, 0.15) is 23.4 Å². The van der Waals surface area contributed by atoms with Gasteiger partial charge in [0.2, 0.25) is 0 Å². The molecule has 0 aliphatic carbocycles. The minimum absolute atomic E-state index is 0.0903. The van der Waals surface area contributed by atoms with E-state index in [1.807, 2.05) is 24.3 Å². The van der Waals surface area contributed by atoms with Crippen LogP contribution in [0.5, 0.6) is 5.75 Å². The molecular formula is C15H18N2O2S. The first-order chi connectivity index (χ1) is 9.65. The summed E-state index contributed by atoms with van der Waals surface area (Å²) in [4.78, 5) is 11.9. The van der Waals surface area contributed by atoms with Gasteiger partial charge in [-0.3, -0.25) is 4.79 Å². The van der Waals surface area contributed by atoms with Crippen LogP contribution >= 0.6 is 11.3 Å². The van der Waals surface area contributed by atoms with Crippen LogP contribution in [0.2, 0.25) is 0 Å². The number of carbonyl (C=O) groups is 1. The van der Waals surface area contributed by atoms with E-state index in [9.17, 15) is 4.79 Å². The van der Waals surface area contributed by atoms with E-state index in [-0.39, 0.29) is 6.61 Å². The van der Waals surface area contributed by atoms with Crippen molar-refractivity contribution in [2.75, 3.05) is 6.61 Å². The van der Waals surface area contributed by atoms with Gasteiger partial charge in [0, 0.05) is 17.5 Å². The first-order valence-corrected chi connectivity index (χ1v) is 7.30. The average Bonchev–Trinajstić information content (AvgIpc) is 2.98. The number of amides is 1. The number of nitrogens with one attached hydrogen (secondary N) is 1. The Labute approximate surface area is 122 Å². The molecule has 0 unspecified atom stereocenters. The molecule has 1 atom stereocenters. The zero-order chi connectivity index (χ0) is 14.4. The molecule has 106 valence electrons. The molecule has 2 aromatic rings. The molecule has 0 radical (unpaired) electrons. The van der Waals surface area contributed by atoms with Gasteiger partial charge in [-0.2, -0.15) is 0 Å². The SMILES string of the molecule is C[C@@H](NCc1ccc(OCC(N)=O)cc1)c1cccs1. The Kier molecular flexibility index (Phi) is 5.15. The quantitative estimate of drug-likeness (QED) is 0.823. The van der Waals surface area contributed by atoms with Crippen LogP contribution in [0.4, 0.5) is 0 Å².